The summed E-state index contributed by atoms with van der Waals surface area (Å²) in [5, 5.41) is 2.90. The van der Waals surface area contributed by atoms with E-state index in [0.29, 0.717) is 36.5 Å². The van der Waals surface area contributed by atoms with Crippen LogP contribution in [-0.4, -0.2) is 32.6 Å². The lowest BCUT2D eigenvalue weighted by atomic mass is 10.1. The number of hydrogen-bond acceptors (Lipinski definition) is 4. The molecule has 0 fully saturated rings. The van der Waals surface area contributed by atoms with E-state index in [-0.39, 0.29) is 15.7 Å². The highest BCUT2D eigenvalue weighted by atomic mass is 32.2. The highest BCUT2D eigenvalue weighted by Gasteiger charge is 2.30. The average Bonchev–Trinajstić information content (AvgIpc) is 2.99. The molecule has 0 aliphatic heterocycles. The van der Waals surface area contributed by atoms with Crippen molar-refractivity contribution in [3.05, 3.63) is 77.0 Å². The van der Waals surface area contributed by atoms with Gasteiger partial charge in [0.25, 0.3) is 5.91 Å². The van der Waals surface area contributed by atoms with Crippen molar-refractivity contribution in [3.63, 3.8) is 0 Å². The van der Waals surface area contributed by atoms with Crippen LogP contribution in [0.5, 0.6) is 0 Å². The zero-order valence-electron chi connectivity index (χ0n) is 18.3. The summed E-state index contributed by atoms with van der Waals surface area (Å²) in [5.41, 5.74) is 2.75. The fourth-order valence-electron chi connectivity index (χ4n) is 3.65. The molecule has 164 valence electrons. The molecule has 0 aliphatic rings. The number of nitrogens with zero attached hydrogens (tertiary/aromatic N) is 1. The summed E-state index contributed by atoms with van der Waals surface area (Å²) < 4.78 is 34.2. The van der Waals surface area contributed by atoms with Crippen LogP contribution in [0, 0.1) is 20.8 Å². The summed E-state index contributed by atoms with van der Waals surface area (Å²) in [6.07, 6.45) is 0.684. The fourth-order valence-corrected chi connectivity index (χ4v) is 5.37. The Labute approximate surface area is 183 Å². The maximum Gasteiger partial charge on any atom is 0.257 e. The van der Waals surface area contributed by atoms with Crippen molar-refractivity contribution in [3.8, 4) is 0 Å². The van der Waals surface area contributed by atoms with Gasteiger partial charge in [0.15, 0.2) is 0 Å². The minimum Gasteiger partial charge on any atom is -0.385 e. The Hall–Kier alpha value is -2.90. The molecule has 1 heterocycles. The van der Waals surface area contributed by atoms with Gasteiger partial charge >= 0.3 is 0 Å². The number of hydrogen-bond donors (Lipinski definition) is 1. The molecule has 0 radical (unpaired) electrons. The summed E-state index contributed by atoms with van der Waals surface area (Å²) in [6.45, 7) is 6.55. The summed E-state index contributed by atoms with van der Waals surface area (Å²) in [7, 11) is -2.21. The van der Waals surface area contributed by atoms with E-state index >= 15 is 0 Å². The summed E-state index contributed by atoms with van der Waals surface area (Å²) in [4.78, 5) is 13.4. The number of anilines is 1. The van der Waals surface area contributed by atoms with Crippen molar-refractivity contribution >= 4 is 21.6 Å². The van der Waals surface area contributed by atoms with Gasteiger partial charge in [-0.25, -0.2) is 8.42 Å². The van der Waals surface area contributed by atoms with E-state index in [2.05, 4.69) is 5.32 Å². The SMILES string of the molecule is COCCCn1c(C)c(C)c(S(=O)(=O)c2ccccc2)c1NC(=O)c1ccccc1C. The van der Waals surface area contributed by atoms with Gasteiger partial charge in [-0.15, -0.1) is 0 Å². The highest BCUT2D eigenvalue weighted by molar-refractivity contribution is 7.91. The van der Waals surface area contributed by atoms with Gasteiger partial charge in [0.05, 0.1) is 4.90 Å². The van der Waals surface area contributed by atoms with Gasteiger partial charge in [-0.05, 0) is 56.5 Å². The molecule has 0 unspecified atom stereocenters. The van der Waals surface area contributed by atoms with Crippen molar-refractivity contribution in [2.45, 2.75) is 43.5 Å². The Morgan fingerprint density at radius 3 is 2.29 bits per heavy atom. The summed E-state index contributed by atoms with van der Waals surface area (Å²) in [6, 6.07) is 15.5. The third-order valence-electron chi connectivity index (χ3n) is 5.45. The van der Waals surface area contributed by atoms with Crippen LogP contribution in [0.25, 0.3) is 0 Å². The van der Waals surface area contributed by atoms with Crippen LogP contribution < -0.4 is 5.32 Å². The fraction of sp³-hybridized carbons (Fsp3) is 0.292. The molecule has 0 bridgehead atoms. The number of sulfone groups is 1. The summed E-state index contributed by atoms with van der Waals surface area (Å²) in [5.74, 6) is -0.0451. The lowest BCUT2D eigenvalue weighted by molar-refractivity contribution is 0.102. The Morgan fingerprint density at radius 1 is 1.00 bits per heavy atom. The molecule has 7 heteroatoms. The van der Waals surface area contributed by atoms with Crippen molar-refractivity contribution in [2.75, 3.05) is 19.0 Å². The summed E-state index contributed by atoms with van der Waals surface area (Å²) >= 11 is 0. The lowest BCUT2D eigenvalue weighted by Crippen LogP contribution is -2.19. The van der Waals surface area contributed by atoms with E-state index in [1.165, 1.54) is 0 Å². The molecular weight excluding hydrogens is 412 g/mol. The number of aromatic nitrogens is 1. The molecule has 0 spiro atoms. The van der Waals surface area contributed by atoms with Crippen LogP contribution in [-0.2, 0) is 21.1 Å². The van der Waals surface area contributed by atoms with Gasteiger partial charge < -0.3 is 14.6 Å². The smallest absolute Gasteiger partial charge is 0.257 e. The quantitative estimate of drug-likeness (QED) is 0.522. The number of aryl methyl sites for hydroxylation is 1. The second-order valence-electron chi connectivity index (χ2n) is 7.47. The van der Waals surface area contributed by atoms with Gasteiger partial charge in [-0.1, -0.05) is 36.4 Å². The van der Waals surface area contributed by atoms with Crippen molar-refractivity contribution in [1.29, 1.82) is 0 Å². The molecule has 0 saturated carbocycles. The average molecular weight is 441 g/mol. The predicted molar refractivity (Wildman–Crippen MR) is 121 cm³/mol. The van der Waals surface area contributed by atoms with E-state index in [1.807, 2.05) is 30.5 Å². The molecular formula is C24H28N2O4S. The Morgan fingerprint density at radius 2 is 1.65 bits per heavy atom. The Kier molecular flexibility index (Phi) is 6.97. The Balaban J connectivity index is 2.15. The molecule has 0 saturated heterocycles. The molecule has 6 nitrogen and oxygen atoms in total. The van der Waals surface area contributed by atoms with Crippen LogP contribution in [0.4, 0.5) is 5.82 Å². The van der Waals surface area contributed by atoms with Gasteiger partial charge in [0, 0.05) is 31.5 Å². The zero-order valence-corrected chi connectivity index (χ0v) is 19.1. The zero-order chi connectivity index (χ0) is 22.6. The van der Waals surface area contributed by atoms with Gasteiger partial charge in [-0.2, -0.15) is 0 Å². The van der Waals surface area contributed by atoms with E-state index in [4.69, 9.17) is 4.74 Å². The number of carbonyl (C=O) groups is 1. The standard InChI is InChI=1S/C24H28N2O4S/c1-17-11-8-9-14-21(17)24(27)25-23-22(31(28,29)20-12-6-5-7-13-20)18(2)19(3)26(23)15-10-16-30-4/h5-9,11-14H,10,15-16H2,1-4H3,(H,25,27). The second-order valence-corrected chi connectivity index (χ2v) is 9.36. The minimum absolute atomic E-state index is 0.135. The predicted octanol–water partition coefficient (Wildman–Crippen LogP) is 4.53. The maximum absolute atomic E-state index is 13.6. The molecule has 2 aromatic carbocycles. The minimum atomic E-state index is -3.84. The van der Waals surface area contributed by atoms with E-state index in [9.17, 15) is 13.2 Å². The number of rotatable bonds is 8. The molecule has 0 atom stereocenters. The number of carbonyl (C=O) groups excluding carboxylic acids is 1. The first-order valence-corrected chi connectivity index (χ1v) is 11.6. The Bertz CT molecular complexity index is 1180. The van der Waals surface area contributed by atoms with Gasteiger partial charge in [-0.3, -0.25) is 4.79 Å². The topological polar surface area (TPSA) is 77.4 Å². The van der Waals surface area contributed by atoms with Gasteiger partial charge in [0.1, 0.15) is 10.7 Å². The van der Waals surface area contributed by atoms with Crippen LogP contribution >= 0.6 is 0 Å². The highest BCUT2D eigenvalue weighted by Crippen LogP contribution is 2.35. The molecule has 1 aromatic heterocycles. The van der Waals surface area contributed by atoms with E-state index in [0.717, 1.165) is 11.3 Å². The molecule has 1 N–H and O–H groups in total. The first kappa shape index (κ1) is 22.8. The van der Waals surface area contributed by atoms with E-state index < -0.39 is 9.84 Å². The van der Waals surface area contributed by atoms with Crippen LogP contribution in [0.2, 0.25) is 0 Å². The van der Waals surface area contributed by atoms with Gasteiger partial charge in [0.2, 0.25) is 9.84 Å². The molecule has 0 aliphatic carbocycles. The van der Waals surface area contributed by atoms with Crippen LogP contribution in [0.3, 0.4) is 0 Å². The van der Waals surface area contributed by atoms with Crippen molar-refractivity contribution in [2.24, 2.45) is 0 Å². The van der Waals surface area contributed by atoms with Crippen molar-refractivity contribution < 1.29 is 17.9 Å². The number of ether oxygens (including phenoxy) is 1. The number of amides is 1. The largest absolute Gasteiger partial charge is 0.385 e. The van der Waals surface area contributed by atoms with E-state index in [1.54, 1.807) is 56.5 Å². The van der Waals surface area contributed by atoms with Crippen LogP contribution in [0.1, 0.15) is 33.6 Å². The third-order valence-corrected chi connectivity index (χ3v) is 7.38. The van der Waals surface area contributed by atoms with Crippen LogP contribution in [0.15, 0.2) is 64.4 Å². The third kappa shape index (κ3) is 4.57. The normalized spacial score (nSPS) is 11.5. The monoisotopic (exact) mass is 440 g/mol. The second kappa shape index (κ2) is 9.49. The molecule has 3 aromatic rings. The number of benzene rings is 2. The first-order chi connectivity index (χ1) is 14.8. The molecule has 1 amide bonds. The molecule has 3 rings (SSSR count). The number of nitrogens with one attached hydrogen (secondary N) is 1. The van der Waals surface area contributed by atoms with Crippen molar-refractivity contribution in [1.82, 2.24) is 4.57 Å². The lowest BCUT2D eigenvalue weighted by Gasteiger charge is -2.15. The maximum atomic E-state index is 13.6. The number of methoxy groups -OCH3 is 1. The molecule has 31 heavy (non-hydrogen) atoms. The first-order valence-electron chi connectivity index (χ1n) is 10.1.